The molecule has 0 spiro atoms. The summed E-state index contributed by atoms with van der Waals surface area (Å²) in [5, 5.41) is 0. The first-order valence-electron chi connectivity index (χ1n) is 4.07. The lowest BCUT2D eigenvalue weighted by Crippen LogP contribution is -2.04. The lowest BCUT2D eigenvalue weighted by Gasteiger charge is -2.01. The average molecular weight is 251 g/mol. The number of hydrogen-bond acceptors (Lipinski definition) is 2. The molecule has 1 aromatic heterocycles. The maximum Gasteiger partial charge on any atom is 0.266 e. The van der Waals surface area contributed by atoms with Crippen LogP contribution < -0.4 is 5.56 Å². The highest BCUT2D eigenvalue weighted by molar-refractivity contribution is 9.10. The number of rotatable bonds is 1. The lowest BCUT2D eigenvalue weighted by molar-refractivity contribution is 1.14. The molecule has 0 bridgehead atoms. The molecule has 0 radical (unpaired) electrons. The van der Waals surface area contributed by atoms with Crippen molar-refractivity contribution in [3.8, 4) is 11.3 Å². The van der Waals surface area contributed by atoms with E-state index in [9.17, 15) is 4.79 Å². The van der Waals surface area contributed by atoms with E-state index >= 15 is 0 Å². The van der Waals surface area contributed by atoms with Gasteiger partial charge in [-0.25, -0.2) is 4.98 Å². The molecule has 14 heavy (non-hydrogen) atoms. The van der Waals surface area contributed by atoms with E-state index in [0.29, 0.717) is 0 Å². The molecule has 0 aliphatic heterocycles. The molecule has 1 N–H and O–H groups in total. The molecule has 0 saturated carbocycles. The summed E-state index contributed by atoms with van der Waals surface area (Å²) in [6.45, 7) is 0. The molecular weight excluding hydrogens is 244 g/mol. The number of nitrogens with one attached hydrogen (secondary N) is 1. The fourth-order valence-electron chi connectivity index (χ4n) is 1.16. The van der Waals surface area contributed by atoms with Gasteiger partial charge < -0.3 is 4.98 Å². The lowest BCUT2D eigenvalue weighted by atomic mass is 10.2. The van der Waals surface area contributed by atoms with Gasteiger partial charge in [-0.2, -0.15) is 0 Å². The van der Waals surface area contributed by atoms with E-state index < -0.39 is 0 Å². The largest absolute Gasteiger partial charge is 0.326 e. The Labute approximate surface area is 89.0 Å². The van der Waals surface area contributed by atoms with Crippen LogP contribution in [0.15, 0.2) is 45.9 Å². The average Bonchev–Trinajstić information content (AvgIpc) is 2.20. The Morgan fingerprint density at radius 1 is 1.29 bits per heavy atom. The molecule has 0 amide bonds. The molecule has 4 heteroatoms. The Bertz CT molecular complexity index is 487. The Balaban J connectivity index is 2.55. The van der Waals surface area contributed by atoms with Crippen molar-refractivity contribution in [1.29, 1.82) is 0 Å². The van der Waals surface area contributed by atoms with Crippen LogP contribution in [0.1, 0.15) is 0 Å². The van der Waals surface area contributed by atoms with Crippen molar-refractivity contribution in [3.63, 3.8) is 0 Å². The molecule has 70 valence electrons. The molecule has 2 rings (SSSR count). The Kier molecular flexibility index (Phi) is 2.45. The maximum absolute atomic E-state index is 10.8. The summed E-state index contributed by atoms with van der Waals surface area (Å²) in [6, 6.07) is 7.72. The van der Waals surface area contributed by atoms with Gasteiger partial charge in [-0.3, -0.25) is 4.79 Å². The summed E-state index contributed by atoms with van der Waals surface area (Å²) in [7, 11) is 0. The molecule has 0 atom stereocenters. The summed E-state index contributed by atoms with van der Waals surface area (Å²) < 4.78 is 0.958. The Morgan fingerprint density at radius 3 is 2.71 bits per heavy atom. The van der Waals surface area contributed by atoms with Crippen LogP contribution in [0.3, 0.4) is 0 Å². The van der Waals surface area contributed by atoms with Crippen molar-refractivity contribution in [2.45, 2.75) is 0 Å². The standard InChI is InChI=1S/C10H7BrN2O/c11-8-4-2-1-3-7(8)9-5-13-10(14)6-12-9/h1-6H,(H,13,14). The van der Waals surface area contributed by atoms with Crippen molar-refractivity contribution < 1.29 is 0 Å². The Hall–Kier alpha value is -1.42. The van der Waals surface area contributed by atoms with Crippen LogP contribution >= 0.6 is 15.9 Å². The van der Waals surface area contributed by atoms with Crippen LogP contribution in [0.25, 0.3) is 11.3 Å². The van der Waals surface area contributed by atoms with E-state index in [0.717, 1.165) is 15.7 Å². The molecule has 0 aliphatic carbocycles. The second-order valence-corrected chi connectivity index (χ2v) is 3.63. The molecule has 1 aromatic carbocycles. The molecule has 3 nitrogen and oxygen atoms in total. The highest BCUT2D eigenvalue weighted by Crippen LogP contribution is 2.24. The summed E-state index contributed by atoms with van der Waals surface area (Å²) in [5.74, 6) is 0. The topological polar surface area (TPSA) is 45.8 Å². The van der Waals surface area contributed by atoms with Crippen molar-refractivity contribution in [2.24, 2.45) is 0 Å². The van der Waals surface area contributed by atoms with Crippen molar-refractivity contribution in [3.05, 3.63) is 51.5 Å². The van der Waals surface area contributed by atoms with Crippen molar-refractivity contribution >= 4 is 15.9 Å². The van der Waals surface area contributed by atoms with Crippen molar-refractivity contribution in [1.82, 2.24) is 9.97 Å². The molecular formula is C10H7BrN2O. The fourth-order valence-corrected chi connectivity index (χ4v) is 1.65. The minimum atomic E-state index is -0.194. The number of halogens is 1. The van der Waals surface area contributed by atoms with E-state index in [1.165, 1.54) is 6.20 Å². The number of H-pyrrole nitrogens is 1. The second-order valence-electron chi connectivity index (χ2n) is 2.78. The minimum absolute atomic E-state index is 0.194. The summed E-state index contributed by atoms with van der Waals surface area (Å²) in [6.07, 6.45) is 2.87. The second kappa shape index (κ2) is 3.75. The van der Waals surface area contributed by atoms with Gasteiger partial charge in [0.1, 0.15) is 0 Å². The monoisotopic (exact) mass is 250 g/mol. The number of aromatic nitrogens is 2. The molecule has 2 aromatic rings. The quantitative estimate of drug-likeness (QED) is 0.844. The highest BCUT2D eigenvalue weighted by atomic mass is 79.9. The van der Waals surface area contributed by atoms with Crippen LogP contribution in [0.2, 0.25) is 0 Å². The predicted molar refractivity (Wildman–Crippen MR) is 58.0 cm³/mol. The molecule has 0 saturated heterocycles. The zero-order valence-corrected chi connectivity index (χ0v) is 8.78. The van der Waals surface area contributed by atoms with Crippen LogP contribution in [-0.2, 0) is 0 Å². The molecule has 0 aliphatic rings. The molecule has 0 fully saturated rings. The first-order valence-corrected chi connectivity index (χ1v) is 4.86. The van der Waals surface area contributed by atoms with E-state index in [2.05, 4.69) is 25.9 Å². The number of aromatic amines is 1. The summed E-state index contributed by atoms with van der Waals surface area (Å²) >= 11 is 3.42. The Morgan fingerprint density at radius 2 is 2.07 bits per heavy atom. The van der Waals surface area contributed by atoms with Crippen LogP contribution in [0.4, 0.5) is 0 Å². The number of benzene rings is 1. The van der Waals surface area contributed by atoms with Gasteiger partial charge in [0.05, 0.1) is 11.9 Å². The summed E-state index contributed by atoms with van der Waals surface area (Å²) in [4.78, 5) is 17.4. The first-order chi connectivity index (χ1) is 6.77. The third-order valence-electron chi connectivity index (χ3n) is 1.82. The van der Waals surface area contributed by atoms with Gasteiger partial charge in [0.25, 0.3) is 5.56 Å². The van der Waals surface area contributed by atoms with E-state index in [1.54, 1.807) is 6.20 Å². The molecule has 1 heterocycles. The van der Waals surface area contributed by atoms with Crippen molar-refractivity contribution in [2.75, 3.05) is 0 Å². The van der Waals surface area contributed by atoms with Crippen LogP contribution in [0, 0.1) is 0 Å². The number of hydrogen-bond donors (Lipinski definition) is 1. The first kappa shape index (κ1) is 9.15. The third-order valence-corrected chi connectivity index (χ3v) is 2.51. The predicted octanol–water partition coefficient (Wildman–Crippen LogP) is 2.20. The van der Waals surface area contributed by atoms with Crippen LogP contribution in [0.5, 0.6) is 0 Å². The normalized spacial score (nSPS) is 10.1. The zero-order valence-electron chi connectivity index (χ0n) is 7.20. The minimum Gasteiger partial charge on any atom is -0.326 e. The third kappa shape index (κ3) is 1.75. The maximum atomic E-state index is 10.8. The van der Waals surface area contributed by atoms with Gasteiger partial charge in [-0.05, 0) is 6.07 Å². The fraction of sp³-hybridized carbons (Fsp3) is 0. The van der Waals surface area contributed by atoms with E-state index in [1.807, 2.05) is 24.3 Å². The van der Waals surface area contributed by atoms with Gasteiger partial charge >= 0.3 is 0 Å². The summed E-state index contributed by atoms with van der Waals surface area (Å²) in [5.41, 5.74) is 1.52. The van der Waals surface area contributed by atoms with Crippen LogP contribution in [-0.4, -0.2) is 9.97 Å². The van der Waals surface area contributed by atoms with Gasteiger partial charge in [-0.15, -0.1) is 0 Å². The zero-order chi connectivity index (χ0) is 9.97. The van der Waals surface area contributed by atoms with Gasteiger partial charge in [0.15, 0.2) is 0 Å². The SMILES string of the molecule is O=c1cnc(-c2ccccc2Br)c[nH]1. The van der Waals surface area contributed by atoms with Gasteiger partial charge in [0.2, 0.25) is 0 Å². The number of nitrogens with zero attached hydrogens (tertiary/aromatic N) is 1. The molecule has 0 unspecified atom stereocenters. The highest BCUT2D eigenvalue weighted by Gasteiger charge is 2.02. The van der Waals surface area contributed by atoms with Gasteiger partial charge in [0, 0.05) is 16.2 Å². The van der Waals surface area contributed by atoms with E-state index in [4.69, 9.17) is 0 Å². The van der Waals surface area contributed by atoms with E-state index in [-0.39, 0.29) is 5.56 Å². The smallest absolute Gasteiger partial charge is 0.266 e. The van der Waals surface area contributed by atoms with Gasteiger partial charge in [-0.1, -0.05) is 34.1 Å².